The van der Waals surface area contributed by atoms with Crippen LogP contribution >= 0.6 is 0 Å². The van der Waals surface area contributed by atoms with Gasteiger partial charge >= 0.3 is 0 Å². The van der Waals surface area contributed by atoms with Crippen molar-refractivity contribution in [3.05, 3.63) is 232 Å². The number of hydrogen-bond donors (Lipinski definition) is 0. The summed E-state index contributed by atoms with van der Waals surface area (Å²) in [7, 11) is 0. The van der Waals surface area contributed by atoms with Crippen molar-refractivity contribution < 1.29 is 0 Å². The molecule has 2 nitrogen and oxygen atoms in total. The molecule has 0 saturated heterocycles. The Balaban J connectivity index is 0.915. The molecule has 68 heavy (non-hydrogen) atoms. The molecular weight excluding hydrogens is 821 g/mol. The van der Waals surface area contributed by atoms with Gasteiger partial charge in [0.1, 0.15) is 0 Å². The molecule has 8 aromatic carbocycles. The number of nitrogens with zero attached hydrogens (tertiary/aromatic N) is 2. The summed E-state index contributed by atoms with van der Waals surface area (Å²) in [6, 6.07) is 61.1. The van der Waals surface area contributed by atoms with E-state index in [2.05, 4.69) is 241 Å². The molecule has 8 aromatic rings. The van der Waals surface area contributed by atoms with Gasteiger partial charge < -0.3 is 9.80 Å². The second kappa shape index (κ2) is 13.3. The average Bonchev–Trinajstić information content (AvgIpc) is 4.02. The lowest BCUT2D eigenvalue weighted by Crippen LogP contribution is -2.19. The Morgan fingerprint density at radius 1 is 0.397 bits per heavy atom. The summed E-state index contributed by atoms with van der Waals surface area (Å²) in [6.45, 7) is 19.2. The first-order valence-electron chi connectivity index (χ1n) is 24.8. The Hall–Kier alpha value is -7.16. The minimum absolute atomic E-state index is 0.0641. The summed E-state index contributed by atoms with van der Waals surface area (Å²) in [6.07, 6.45) is 7.99. The van der Waals surface area contributed by atoms with E-state index in [1.807, 2.05) is 0 Å². The molecule has 0 aromatic heterocycles. The zero-order valence-electron chi connectivity index (χ0n) is 40.4. The largest absolute Gasteiger partial charge is 0.313 e. The quantitative estimate of drug-likeness (QED) is 0.174. The van der Waals surface area contributed by atoms with E-state index in [0.29, 0.717) is 5.92 Å². The summed E-state index contributed by atoms with van der Waals surface area (Å²) in [5.41, 5.74) is 30.4. The highest BCUT2D eigenvalue weighted by Gasteiger charge is 2.44. The van der Waals surface area contributed by atoms with Crippen molar-refractivity contribution in [2.45, 2.75) is 89.4 Å². The van der Waals surface area contributed by atoms with E-state index in [1.54, 1.807) is 0 Å². The van der Waals surface area contributed by atoms with Crippen molar-refractivity contribution in [2.75, 3.05) is 9.80 Å². The molecule has 0 saturated carbocycles. The molecular formula is C66H56N2. The summed E-state index contributed by atoms with van der Waals surface area (Å²) >= 11 is 0. The van der Waals surface area contributed by atoms with Gasteiger partial charge in [0.25, 0.3) is 0 Å². The number of allylic oxidation sites excluding steroid dienone is 4. The monoisotopic (exact) mass is 876 g/mol. The molecule has 0 bridgehead atoms. The lowest BCUT2D eigenvalue weighted by molar-refractivity contribution is 0.659. The van der Waals surface area contributed by atoms with Gasteiger partial charge in [0, 0.05) is 56.0 Å². The van der Waals surface area contributed by atoms with Crippen molar-refractivity contribution in [2.24, 2.45) is 0 Å². The van der Waals surface area contributed by atoms with Crippen molar-refractivity contribution in [3.8, 4) is 44.5 Å². The molecule has 1 heterocycles. The number of rotatable bonds is 4. The fourth-order valence-electron chi connectivity index (χ4n) is 13.9. The Morgan fingerprint density at radius 3 is 1.44 bits per heavy atom. The SMILES string of the molecule is CC1(C)c2ccccc2-c2cc(N(c3ccc4c(c3)C(C)(C)c3ccccc3-4)c3ccc4c(c3)C(C)(C)c3cc5c(cc3-4)C3CC=CC=C3N5c3ccc4c(c3)C(C)(C)c3ccccc3-4)ccc21. The minimum Gasteiger partial charge on any atom is -0.313 e. The number of benzene rings is 8. The average molecular weight is 877 g/mol. The molecule has 5 aliphatic carbocycles. The summed E-state index contributed by atoms with van der Waals surface area (Å²) in [5, 5.41) is 0. The fraction of sp³-hybridized carbons (Fsp3) is 0.212. The Bertz CT molecular complexity index is 3620. The second-order valence-corrected chi connectivity index (χ2v) is 22.5. The highest BCUT2D eigenvalue weighted by atomic mass is 15.2. The first-order chi connectivity index (χ1) is 32.7. The number of fused-ring (bicyclic) bond motifs is 15. The molecule has 14 rings (SSSR count). The third-order valence-corrected chi connectivity index (χ3v) is 17.5. The smallest absolute Gasteiger partial charge is 0.0501 e. The second-order valence-electron chi connectivity index (χ2n) is 22.5. The third-order valence-electron chi connectivity index (χ3n) is 17.5. The topological polar surface area (TPSA) is 6.48 Å². The normalized spacial score (nSPS) is 18.9. The first-order valence-corrected chi connectivity index (χ1v) is 24.8. The van der Waals surface area contributed by atoms with E-state index < -0.39 is 0 Å². The van der Waals surface area contributed by atoms with E-state index in [0.717, 1.165) is 6.42 Å². The van der Waals surface area contributed by atoms with Crippen LogP contribution in [0.2, 0.25) is 0 Å². The van der Waals surface area contributed by atoms with Crippen LogP contribution in [0.25, 0.3) is 44.5 Å². The van der Waals surface area contributed by atoms with E-state index in [4.69, 9.17) is 0 Å². The molecule has 0 amide bonds. The van der Waals surface area contributed by atoms with Crippen molar-refractivity contribution in [1.29, 1.82) is 0 Å². The van der Waals surface area contributed by atoms with Gasteiger partial charge in [-0.1, -0.05) is 165 Å². The molecule has 0 fully saturated rings. The lowest BCUT2D eigenvalue weighted by Gasteiger charge is -2.30. The van der Waals surface area contributed by atoms with E-state index in [9.17, 15) is 0 Å². The number of hydrogen-bond acceptors (Lipinski definition) is 2. The molecule has 0 spiro atoms. The molecule has 6 aliphatic rings. The van der Waals surface area contributed by atoms with Crippen LogP contribution in [0.3, 0.4) is 0 Å². The highest BCUT2D eigenvalue weighted by Crippen LogP contribution is 2.60. The third kappa shape index (κ3) is 5.08. The lowest BCUT2D eigenvalue weighted by atomic mass is 9.81. The molecule has 330 valence electrons. The van der Waals surface area contributed by atoms with Crippen LogP contribution in [0.5, 0.6) is 0 Å². The van der Waals surface area contributed by atoms with Gasteiger partial charge in [0.15, 0.2) is 0 Å². The van der Waals surface area contributed by atoms with E-state index in [1.165, 1.54) is 129 Å². The van der Waals surface area contributed by atoms with Crippen molar-refractivity contribution in [3.63, 3.8) is 0 Å². The number of anilines is 5. The van der Waals surface area contributed by atoms with Gasteiger partial charge in [-0.3, -0.25) is 0 Å². The van der Waals surface area contributed by atoms with Gasteiger partial charge in [-0.05, 0) is 168 Å². The van der Waals surface area contributed by atoms with E-state index >= 15 is 0 Å². The van der Waals surface area contributed by atoms with Crippen LogP contribution in [0, 0.1) is 0 Å². The van der Waals surface area contributed by atoms with E-state index in [-0.39, 0.29) is 21.7 Å². The molecule has 1 aliphatic heterocycles. The summed E-state index contributed by atoms with van der Waals surface area (Å²) < 4.78 is 0. The van der Waals surface area contributed by atoms with Crippen LogP contribution in [0.15, 0.2) is 182 Å². The minimum atomic E-state index is -0.239. The summed E-state index contributed by atoms with van der Waals surface area (Å²) in [4.78, 5) is 5.13. The van der Waals surface area contributed by atoms with Gasteiger partial charge in [-0.25, -0.2) is 0 Å². The Labute approximate surface area is 402 Å². The van der Waals surface area contributed by atoms with Gasteiger partial charge in [-0.15, -0.1) is 0 Å². The fourth-order valence-corrected chi connectivity index (χ4v) is 13.9. The maximum Gasteiger partial charge on any atom is 0.0501 e. The molecule has 2 heteroatoms. The van der Waals surface area contributed by atoms with Gasteiger partial charge in [0.2, 0.25) is 0 Å². The Morgan fingerprint density at radius 2 is 0.824 bits per heavy atom. The van der Waals surface area contributed by atoms with Crippen LogP contribution in [-0.4, -0.2) is 0 Å². The molecule has 0 N–H and O–H groups in total. The van der Waals surface area contributed by atoms with Crippen molar-refractivity contribution in [1.82, 2.24) is 0 Å². The zero-order valence-corrected chi connectivity index (χ0v) is 40.4. The van der Waals surface area contributed by atoms with Crippen LogP contribution < -0.4 is 9.80 Å². The van der Waals surface area contributed by atoms with Crippen LogP contribution in [0.1, 0.15) is 118 Å². The zero-order chi connectivity index (χ0) is 46.2. The predicted molar refractivity (Wildman–Crippen MR) is 285 cm³/mol. The highest BCUT2D eigenvalue weighted by molar-refractivity contribution is 5.94. The maximum absolute atomic E-state index is 2.59. The maximum atomic E-state index is 2.59. The van der Waals surface area contributed by atoms with Crippen LogP contribution in [0.4, 0.5) is 28.4 Å². The van der Waals surface area contributed by atoms with Gasteiger partial charge in [-0.2, -0.15) is 0 Å². The Kier molecular flexibility index (Phi) is 7.81. The van der Waals surface area contributed by atoms with Crippen molar-refractivity contribution >= 4 is 28.4 Å². The molecule has 0 radical (unpaired) electrons. The van der Waals surface area contributed by atoms with Crippen LogP contribution in [-0.2, 0) is 21.7 Å². The predicted octanol–water partition coefficient (Wildman–Crippen LogP) is 17.5. The molecule has 1 atom stereocenters. The first kappa shape index (κ1) is 40.0. The summed E-state index contributed by atoms with van der Waals surface area (Å²) in [5.74, 6) is 0.311. The van der Waals surface area contributed by atoms with Gasteiger partial charge in [0.05, 0.1) is 5.69 Å². The molecule has 1 unspecified atom stereocenters. The standard InChI is InChI=1S/C66H56N2/c1-63(2)55-23-15-11-19-45(55)50-33-39(28-32-56(50)63)67(40-25-29-46-43-17-9-13-21-53(43)64(3,4)57(46)34-40)41-26-31-48-51-37-52-49-20-12-16-24-61(49)68(62(52)38-60(51)66(7,8)59(48)35-41)42-27-30-47-44-18-10-14-22-54(44)65(5,6)58(47)36-42/h9-19,21-38,49H,20H2,1-8H3.